The standard InChI is InChI=1S/C6H11ClNO2PS/c1-5(9)6-3-2-4-12-11(7,10)8-6/h6H,2-4H2,1H3,(H,8,10)/t6-,11?/m0/s1. The zero-order valence-electron chi connectivity index (χ0n) is 6.75. The van der Waals surface area contributed by atoms with Crippen molar-refractivity contribution in [1.82, 2.24) is 5.09 Å². The number of hydrogen-bond acceptors (Lipinski definition) is 3. The number of Topliss-reactive ketones (excluding diaryl/α,β-unsaturated/α-hetero) is 1. The van der Waals surface area contributed by atoms with Gasteiger partial charge in [0.2, 0.25) is 0 Å². The van der Waals surface area contributed by atoms with Gasteiger partial charge in [-0.3, -0.25) is 9.36 Å². The summed E-state index contributed by atoms with van der Waals surface area (Å²) < 4.78 is 11.4. The molecular weight excluding hydrogens is 217 g/mol. The third kappa shape index (κ3) is 3.09. The Hall–Kier alpha value is 0.500. The topological polar surface area (TPSA) is 46.2 Å². The van der Waals surface area contributed by atoms with Crippen molar-refractivity contribution in [2.45, 2.75) is 25.8 Å². The lowest BCUT2D eigenvalue weighted by molar-refractivity contribution is -0.118. The predicted octanol–water partition coefficient (Wildman–Crippen LogP) is 2.41. The monoisotopic (exact) mass is 227 g/mol. The number of nitrogens with one attached hydrogen (secondary N) is 1. The number of carbonyl (C=O) groups excluding carboxylic acids is 1. The minimum absolute atomic E-state index is 0.0124. The number of rotatable bonds is 1. The minimum Gasteiger partial charge on any atom is -0.298 e. The molecule has 1 N–H and O–H groups in total. The van der Waals surface area contributed by atoms with Gasteiger partial charge < -0.3 is 0 Å². The molecule has 0 aromatic heterocycles. The first-order chi connectivity index (χ1) is 5.51. The molecule has 1 aliphatic heterocycles. The number of halogens is 1. The largest absolute Gasteiger partial charge is 0.298 e. The van der Waals surface area contributed by atoms with Crippen LogP contribution in [0.25, 0.3) is 0 Å². The van der Waals surface area contributed by atoms with Crippen molar-refractivity contribution in [2.75, 3.05) is 5.75 Å². The van der Waals surface area contributed by atoms with Crippen molar-refractivity contribution < 1.29 is 9.36 Å². The number of carbonyl (C=O) groups is 1. The van der Waals surface area contributed by atoms with Crippen LogP contribution < -0.4 is 5.09 Å². The maximum atomic E-state index is 11.4. The van der Waals surface area contributed by atoms with Gasteiger partial charge in [-0.1, -0.05) is 11.4 Å². The molecule has 0 amide bonds. The van der Waals surface area contributed by atoms with Gasteiger partial charge in [0.1, 0.15) is 5.78 Å². The van der Waals surface area contributed by atoms with Gasteiger partial charge in [-0.05, 0) is 31.0 Å². The van der Waals surface area contributed by atoms with E-state index in [-0.39, 0.29) is 11.8 Å². The molecule has 1 heterocycles. The quantitative estimate of drug-likeness (QED) is 0.699. The molecule has 0 spiro atoms. The van der Waals surface area contributed by atoms with E-state index in [4.69, 9.17) is 11.2 Å². The molecule has 2 atom stereocenters. The van der Waals surface area contributed by atoms with Gasteiger partial charge in [-0.25, -0.2) is 5.09 Å². The molecule has 1 rings (SSSR count). The molecule has 1 aliphatic rings. The summed E-state index contributed by atoms with van der Waals surface area (Å²) in [5.74, 6) is -2.05. The van der Waals surface area contributed by atoms with E-state index in [9.17, 15) is 9.36 Å². The third-order valence-corrected chi connectivity index (χ3v) is 6.15. The molecule has 0 aromatic carbocycles. The molecule has 0 aromatic rings. The summed E-state index contributed by atoms with van der Waals surface area (Å²) >= 11 is 6.89. The Kier molecular flexibility index (Phi) is 3.65. The molecule has 1 fully saturated rings. The zero-order chi connectivity index (χ0) is 9.19. The van der Waals surface area contributed by atoms with Crippen molar-refractivity contribution in [3.05, 3.63) is 0 Å². The number of ketones is 1. The van der Waals surface area contributed by atoms with E-state index in [2.05, 4.69) is 5.09 Å². The Morgan fingerprint density at radius 3 is 3.00 bits per heavy atom. The van der Waals surface area contributed by atoms with E-state index in [1.807, 2.05) is 0 Å². The highest BCUT2D eigenvalue weighted by atomic mass is 35.7. The summed E-state index contributed by atoms with van der Waals surface area (Å²) in [6, 6.07) is -0.316. The van der Waals surface area contributed by atoms with Gasteiger partial charge in [0, 0.05) is 5.75 Å². The molecule has 0 bridgehead atoms. The zero-order valence-corrected chi connectivity index (χ0v) is 9.22. The van der Waals surface area contributed by atoms with Gasteiger partial charge in [-0.15, -0.1) is 0 Å². The Morgan fingerprint density at radius 2 is 2.42 bits per heavy atom. The Bertz CT molecular complexity index is 236. The van der Waals surface area contributed by atoms with Crippen LogP contribution in [0.15, 0.2) is 0 Å². The Labute approximate surface area is 80.6 Å². The summed E-state index contributed by atoms with van der Waals surface area (Å²) in [6.07, 6.45) is 1.62. The van der Waals surface area contributed by atoms with Gasteiger partial charge in [0.15, 0.2) is 0 Å². The van der Waals surface area contributed by atoms with E-state index in [0.717, 1.165) is 18.6 Å². The summed E-state index contributed by atoms with van der Waals surface area (Å²) in [5.41, 5.74) is 0. The van der Waals surface area contributed by atoms with Crippen molar-refractivity contribution in [3.8, 4) is 0 Å². The molecule has 6 heteroatoms. The van der Waals surface area contributed by atoms with Crippen LogP contribution >= 0.6 is 28.5 Å². The van der Waals surface area contributed by atoms with E-state index in [1.54, 1.807) is 0 Å². The normalized spacial score (nSPS) is 37.3. The third-order valence-electron chi connectivity index (χ3n) is 1.70. The second-order valence-electron chi connectivity index (χ2n) is 2.75. The van der Waals surface area contributed by atoms with Crippen LogP contribution in [0.5, 0.6) is 0 Å². The van der Waals surface area contributed by atoms with Gasteiger partial charge in [0.05, 0.1) is 6.04 Å². The maximum Gasteiger partial charge on any atom is 0.287 e. The first-order valence-corrected chi connectivity index (χ1v) is 7.94. The summed E-state index contributed by atoms with van der Waals surface area (Å²) in [7, 11) is 0. The average molecular weight is 228 g/mol. The minimum atomic E-state index is -2.82. The first-order valence-electron chi connectivity index (χ1n) is 3.74. The summed E-state index contributed by atoms with van der Waals surface area (Å²) in [5, 5.41) is 2.69. The molecule has 3 nitrogen and oxygen atoms in total. The van der Waals surface area contributed by atoms with Crippen LogP contribution in [-0.4, -0.2) is 17.6 Å². The summed E-state index contributed by atoms with van der Waals surface area (Å²) in [6.45, 7) is 1.49. The maximum absolute atomic E-state index is 11.4. The van der Waals surface area contributed by atoms with E-state index in [0.29, 0.717) is 0 Å². The number of hydrogen-bond donors (Lipinski definition) is 1. The fourth-order valence-corrected chi connectivity index (χ4v) is 5.01. The van der Waals surface area contributed by atoms with Crippen LogP contribution in [0.3, 0.4) is 0 Å². The molecule has 0 saturated carbocycles. The average Bonchev–Trinajstić information content (AvgIpc) is 2.10. The van der Waals surface area contributed by atoms with E-state index in [1.165, 1.54) is 18.3 Å². The second-order valence-corrected chi connectivity index (χ2v) is 8.98. The van der Waals surface area contributed by atoms with E-state index < -0.39 is 5.85 Å². The van der Waals surface area contributed by atoms with Crippen LogP contribution in [0, 0.1) is 0 Å². The summed E-state index contributed by atoms with van der Waals surface area (Å²) in [4.78, 5) is 11.0. The predicted molar refractivity (Wildman–Crippen MR) is 52.8 cm³/mol. The lowest BCUT2D eigenvalue weighted by atomic mass is 10.1. The van der Waals surface area contributed by atoms with Crippen molar-refractivity contribution in [3.63, 3.8) is 0 Å². The smallest absolute Gasteiger partial charge is 0.287 e. The Balaban J connectivity index is 2.66. The van der Waals surface area contributed by atoms with Crippen LogP contribution in [0.4, 0.5) is 0 Å². The molecule has 70 valence electrons. The van der Waals surface area contributed by atoms with Crippen molar-refractivity contribution >= 4 is 34.3 Å². The van der Waals surface area contributed by atoms with Gasteiger partial charge >= 0.3 is 0 Å². The van der Waals surface area contributed by atoms with Gasteiger partial charge in [0.25, 0.3) is 5.85 Å². The molecule has 0 radical (unpaired) electrons. The molecule has 1 unspecified atom stereocenters. The highest BCUT2D eigenvalue weighted by Crippen LogP contribution is 2.61. The lowest BCUT2D eigenvalue weighted by Crippen LogP contribution is -2.30. The second kappa shape index (κ2) is 4.14. The van der Waals surface area contributed by atoms with Gasteiger partial charge in [-0.2, -0.15) is 0 Å². The van der Waals surface area contributed by atoms with Crippen LogP contribution in [0.2, 0.25) is 0 Å². The highest BCUT2D eigenvalue weighted by Gasteiger charge is 2.28. The Morgan fingerprint density at radius 1 is 1.75 bits per heavy atom. The van der Waals surface area contributed by atoms with E-state index >= 15 is 0 Å². The van der Waals surface area contributed by atoms with Crippen LogP contribution in [-0.2, 0) is 9.36 Å². The fourth-order valence-electron chi connectivity index (χ4n) is 1.05. The SMILES string of the molecule is CC(=O)[C@@H]1CCCSP(=O)(Cl)N1. The first kappa shape index (κ1) is 10.6. The van der Waals surface area contributed by atoms with Crippen LogP contribution in [0.1, 0.15) is 19.8 Å². The fraction of sp³-hybridized carbons (Fsp3) is 0.833. The molecular formula is C6H11ClNO2PS. The van der Waals surface area contributed by atoms with Crippen molar-refractivity contribution in [1.29, 1.82) is 0 Å². The highest BCUT2D eigenvalue weighted by molar-refractivity contribution is 8.64. The molecule has 1 saturated heterocycles. The molecule has 12 heavy (non-hydrogen) atoms. The lowest BCUT2D eigenvalue weighted by Gasteiger charge is -2.14. The molecule has 0 aliphatic carbocycles. The van der Waals surface area contributed by atoms with Crippen molar-refractivity contribution in [2.24, 2.45) is 0 Å².